The van der Waals surface area contributed by atoms with Crippen LogP contribution in [0.15, 0.2) is 53.3 Å². The summed E-state index contributed by atoms with van der Waals surface area (Å²) in [5.41, 5.74) is 0.544. The Balaban J connectivity index is 1.66. The van der Waals surface area contributed by atoms with Crippen LogP contribution in [-0.4, -0.2) is 72.0 Å². The molecule has 0 bridgehead atoms. The lowest BCUT2D eigenvalue weighted by Crippen LogP contribution is -2.49. The van der Waals surface area contributed by atoms with Gasteiger partial charge in [0.1, 0.15) is 5.69 Å². The third-order valence-corrected chi connectivity index (χ3v) is 6.52. The van der Waals surface area contributed by atoms with E-state index < -0.39 is 16.2 Å². The number of halogens is 1. The molecule has 35 heavy (non-hydrogen) atoms. The van der Waals surface area contributed by atoms with Crippen molar-refractivity contribution in [1.29, 1.82) is 0 Å². The first kappa shape index (κ1) is 24.7. The van der Waals surface area contributed by atoms with Crippen LogP contribution in [0, 0.1) is 10.1 Å². The number of rotatable bonds is 7. The molecule has 10 heteroatoms. The summed E-state index contributed by atoms with van der Waals surface area (Å²) in [5.74, 6) is -0.114. The Bertz CT molecular complexity index is 1300. The standard InChI is InChI=1S/C25H28ClN5O4/c1-27(2)12-5-13-30-21-7-4-3-6-20(21)22(23(25(30)33)31(34)35)28-14-16-29(17-15-28)24(32)18-8-10-19(26)11-9-18/h3-4,6-11H,5,12-17H2,1-2H3. The number of amides is 1. The highest BCUT2D eigenvalue weighted by molar-refractivity contribution is 6.30. The highest BCUT2D eigenvalue weighted by atomic mass is 35.5. The summed E-state index contributed by atoms with van der Waals surface area (Å²) in [6, 6.07) is 14.0. The SMILES string of the molecule is CN(C)CCCn1c(=O)c([N+](=O)[O-])c(N2CCN(C(=O)c3ccc(Cl)cc3)CC2)c2ccccc21. The van der Waals surface area contributed by atoms with Crippen molar-refractivity contribution < 1.29 is 9.72 Å². The number of aromatic nitrogens is 1. The molecule has 1 aliphatic heterocycles. The summed E-state index contributed by atoms with van der Waals surface area (Å²) in [6.45, 7) is 2.70. The molecule has 1 amide bonds. The van der Waals surface area contributed by atoms with Gasteiger partial charge in [0.2, 0.25) is 0 Å². The molecule has 2 aromatic carbocycles. The molecule has 0 N–H and O–H groups in total. The van der Waals surface area contributed by atoms with Crippen molar-refractivity contribution in [1.82, 2.24) is 14.4 Å². The predicted octanol–water partition coefficient (Wildman–Crippen LogP) is 3.48. The average Bonchev–Trinajstić information content (AvgIpc) is 2.84. The zero-order valence-electron chi connectivity index (χ0n) is 19.8. The van der Waals surface area contributed by atoms with E-state index in [-0.39, 0.29) is 5.91 Å². The highest BCUT2D eigenvalue weighted by Crippen LogP contribution is 2.34. The van der Waals surface area contributed by atoms with Crippen molar-refractivity contribution in [3.05, 3.63) is 79.6 Å². The second-order valence-electron chi connectivity index (χ2n) is 8.87. The number of carbonyl (C=O) groups is 1. The Labute approximate surface area is 208 Å². The number of anilines is 1. The van der Waals surface area contributed by atoms with Crippen LogP contribution in [0.25, 0.3) is 10.9 Å². The number of para-hydroxylation sites is 1. The largest absolute Gasteiger partial charge is 0.362 e. The van der Waals surface area contributed by atoms with Crippen LogP contribution in [0.1, 0.15) is 16.8 Å². The average molecular weight is 498 g/mol. The fourth-order valence-electron chi connectivity index (χ4n) is 4.54. The van der Waals surface area contributed by atoms with E-state index in [2.05, 4.69) is 0 Å². The maximum absolute atomic E-state index is 13.4. The molecule has 0 unspecified atom stereocenters. The molecular weight excluding hydrogens is 470 g/mol. The Kier molecular flexibility index (Phi) is 7.37. The minimum absolute atomic E-state index is 0.114. The number of hydrogen-bond donors (Lipinski definition) is 0. The number of nitrogens with zero attached hydrogens (tertiary/aromatic N) is 5. The second kappa shape index (κ2) is 10.5. The molecule has 1 aromatic heterocycles. The van der Waals surface area contributed by atoms with Crippen molar-refractivity contribution in [2.45, 2.75) is 13.0 Å². The van der Waals surface area contributed by atoms with Gasteiger partial charge >= 0.3 is 11.2 Å². The van der Waals surface area contributed by atoms with Crippen molar-refractivity contribution in [3.8, 4) is 0 Å². The summed E-state index contributed by atoms with van der Waals surface area (Å²) < 4.78 is 1.51. The Hall–Kier alpha value is -3.43. The van der Waals surface area contributed by atoms with E-state index in [1.165, 1.54) is 4.57 Å². The first-order valence-corrected chi connectivity index (χ1v) is 11.9. The predicted molar refractivity (Wildman–Crippen MR) is 138 cm³/mol. The number of piperazine rings is 1. The lowest BCUT2D eigenvalue weighted by molar-refractivity contribution is -0.385. The molecule has 184 valence electrons. The van der Waals surface area contributed by atoms with Gasteiger partial charge in [-0.2, -0.15) is 0 Å². The molecule has 1 aliphatic rings. The third kappa shape index (κ3) is 5.16. The van der Waals surface area contributed by atoms with Crippen LogP contribution in [0.3, 0.4) is 0 Å². The number of benzene rings is 2. The lowest BCUT2D eigenvalue weighted by Gasteiger charge is -2.36. The van der Waals surface area contributed by atoms with Gasteiger partial charge in [0.15, 0.2) is 0 Å². The number of fused-ring (bicyclic) bond motifs is 1. The fraction of sp³-hybridized carbons (Fsp3) is 0.360. The number of pyridine rings is 1. The molecule has 0 aliphatic carbocycles. The monoisotopic (exact) mass is 497 g/mol. The zero-order valence-corrected chi connectivity index (χ0v) is 20.6. The van der Waals surface area contributed by atoms with Gasteiger partial charge in [0, 0.05) is 48.7 Å². The van der Waals surface area contributed by atoms with Crippen molar-refractivity contribution in [2.24, 2.45) is 0 Å². The van der Waals surface area contributed by atoms with Gasteiger partial charge in [-0.3, -0.25) is 19.7 Å². The first-order chi connectivity index (χ1) is 16.8. The van der Waals surface area contributed by atoms with Crippen molar-refractivity contribution >= 4 is 39.8 Å². The van der Waals surface area contributed by atoms with Gasteiger partial charge in [-0.05, 0) is 57.4 Å². The van der Waals surface area contributed by atoms with Gasteiger partial charge < -0.3 is 19.3 Å². The zero-order chi connectivity index (χ0) is 25.1. The molecule has 3 aromatic rings. The molecule has 1 fully saturated rings. The number of carbonyl (C=O) groups excluding carboxylic acids is 1. The van der Waals surface area contributed by atoms with Crippen LogP contribution >= 0.6 is 11.6 Å². The van der Waals surface area contributed by atoms with E-state index >= 15 is 0 Å². The summed E-state index contributed by atoms with van der Waals surface area (Å²) in [4.78, 5) is 43.4. The minimum Gasteiger partial charge on any atom is -0.362 e. The lowest BCUT2D eigenvalue weighted by atomic mass is 10.1. The van der Waals surface area contributed by atoms with Gasteiger partial charge in [-0.25, -0.2) is 0 Å². The van der Waals surface area contributed by atoms with Crippen molar-refractivity contribution in [2.75, 3.05) is 51.7 Å². The quantitative estimate of drug-likeness (QED) is 0.366. The van der Waals surface area contributed by atoms with E-state index in [1.54, 1.807) is 29.2 Å². The minimum atomic E-state index is -0.595. The summed E-state index contributed by atoms with van der Waals surface area (Å²) in [7, 11) is 3.90. The van der Waals surface area contributed by atoms with E-state index in [4.69, 9.17) is 11.6 Å². The molecular formula is C25H28ClN5O4. The van der Waals surface area contributed by atoms with Gasteiger partial charge in [0.05, 0.1) is 10.4 Å². The second-order valence-corrected chi connectivity index (χ2v) is 9.31. The molecule has 0 atom stereocenters. The third-order valence-electron chi connectivity index (χ3n) is 6.27. The maximum atomic E-state index is 13.4. The summed E-state index contributed by atoms with van der Waals surface area (Å²) in [5, 5.41) is 13.4. The molecule has 9 nitrogen and oxygen atoms in total. The van der Waals surface area contributed by atoms with E-state index in [0.29, 0.717) is 66.3 Å². The Morgan fingerprint density at radius 3 is 2.34 bits per heavy atom. The van der Waals surface area contributed by atoms with E-state index in [9.17, 15) is 19.7 Å². The topological polar surface area (TPSA) is 91.9 Å². The van der Waals surface area contributed by atoms with E-state index in [1.807, 2.05) is 48.2 Å². The Morgan fingerprint density at radius 2 is 1.71 bits per heavy atom. The van der Waals surface area contributed by atoms with Crippen molar-refractivity contribution in [3.63, 3.8) is 0 Å². The normalized spacial score (nSPS) is 14.1. The van der Waals surface area contributed by atoms with E-state index in [0.717, 1.165) is 6.54 Å². The van der Waals surface area contributed by atoms with Crippen LogP contribution < -0.4 is 10.5 Å². The van der Waals surface area contributed by atoms with Crippen LogP contribution in [0.5, 0.6) is 0 Å². The Morgan fingerprint density at radius 1 is 1.06 bits per heavy atom. The number of nitro groups is 1. The molecule has 2 heterocycles. The van der Waals surface area contributed by atoms with Crippen LogP contribution in [0.4, 0.5) is 11.4 Å². The molecule has 0 radical (unpaired) electrons. The molecule has 0 spiro atoms. The molecule has 0 saturated carbocycles. The van der Waals surface area contributed by atoms with Gasteiger partial charge in [0.25, 0.3) is 5.91 Å². The number of hydrogen-bond acceptors (Lipinski definition) is 6. The smallest absolute Gasteiger partial charge is 0.357 e. The molecule has 4 rings (SSSR count). The number of aryl methyl sites for hydroxylation is 1. The first-order valence-electron chi connectivity index (χ1n) is 11.5. The van der Waals surface area contributed by atoms with Crippen LogP contribution in [0.2, 0.25) is 5.02 Å². The van der Waals surface area contributed by atoms with Gasteiger partial charge in [-0.15, -0.1) is 0 Å². The van der Waals surface area contributed by atoms with Crippen LogP contribution in [-0.2, 0) is 6.54 Å². The highest BCUT2D eigenvalue weighted by Gasteiger charge is 2.32. The molecule has 1 saturated heterocycles. The fourth-order valence-corrected chi connectivity index (χ4v) is 4.66. The summed E-state index contributed by atoms with van der Waals surface area (Å²) in [6.07, 6.45) is 0.693. The van der Waals surface area contributed by atoms with Gasteiger partial charge in [-0.1, -0.05) is 29.8 Å². The summed E-state index contributed by atoms with van der Waals surface area (Å²) >= 11 is 5.93. The maximum Gasteiger partial charge on any atom is 0.357 e.